The average molecular weight is 536 g/mol. The van der Waals surface area contributed by atoms with Crippen molar-refractivity contribution in [3.63, 3.8) is 0 Å². The Hall–Kier alpha value is -2.64. The summed E-state index contributed by atoms with van der Waals surface area (Å²) in [5.41, 5.74) is 4.67. The molecule has 0 aliphatic carbocycles. The summed E-state index contributed by atoms with van der Waals surface area (Å²) in [6.07, 6.45) is 4.15. The summed E-state index contributed by atoms with van der Waals surface area (Å²) in [6.45, 7) is 3.88. The van der Waals surface area contributed by atoms with Gasteiger partial charge in [0.25, 0.3) is 0 Å². The first kappa shape index (κ1) is 22.6. The van der Waals surface area contributed by atoms with Crippen LogP contribution < -0.4 is 15.5 Å². The van der Waals surface area contributed by atoms with Gasteiger partial charge in [0.05, 0.1) is 5.52 Å². The molecule has 0 aliphatic heterocycles. The zero-order valence-electron chi connectivity index (χ0n) is 18.2. The second-order valence-corrected chi connectivity index (χ2v) is 8.97. The highest BCUT2D eigenvalue weighted by Crippen LogP contribution is 2.24. The molecule has 2 N–H and O–H groups in total. The Balaban J connectivity index is 1.19. The maximum absolute atomic E-state index is 4.48. The first-order valence-corrected chi connectivity index (χ1v) is 12.3. The molecule has 0 bridgehead atoms. The number of aromatic nitrogens is 1. The Kier molecular flexibility index (Phi) is 8.34. The van der Waals surface area contributed by atoms with Crippen molar-refractivity contribution in [2.45, 2.75) is 12.8 Å². The molecule has 4 aromatic rings. The fourth-order valence-corrected chi connectivity index (χ4v) is 4.29. The standard InChI is InChI=1S/C27H29IN4/c28-22-13-14-25-26(15-18-31-27(25)21-22)30-17-8-7-16-29-19-20-32(23-9-3-1-4-10-23)24-11-5-2-6-12-24/h1-6,9-15,18,21,29H,7-8,16-17,19-20H2,(H,30,31). The second kappa shape index (κ2) is 11.8. The molecule has 0 amide bonds. The van der Waals surface area contributed by atoms with Crippen LogP contribution in [0.4, 0.5) is 17.1 Å². The van der Waals surface area contributed by atoms with Crippen LogP contribution in [0, 0.1) is 3.57 Å². The summed E-state index contributed by atoms with van der Waals surface area (Å²) in [4.78, 5) is 6.85. The predicted octanol–water partition coefficient (Wildman–Crippen LogP) is 6.46. The van der Waals surface area contributed by atoms with Gasteiger partial charge in [-0.2, -0.15) is 0 Å². The average Bonchev–Trinajstić information content (AvgIpc) is 2.84. The molecule has 0 saturated heterocycles. The smallest absolute Gasteiger partial charge is 0.0733 e. The van der Waals surface area contributed by atoms with Crippen molar-refractivity contribution in [3.8, 4) is 0 Å². The van der Waals surface area contributed by atoms with Gasteiger partial charge in [-0.15, -0.1) is 0 Å². The van der Waals surface area contributed by atoms with E-state index in [4.69, 9.17) is 0 Å². The van der Waals surface area contributed by atoms with Crippen molar-refractivity contribution < 1.29 is 0 Å². The highest BCUT2D eigenvalue weighted by Gasteiger charge is 2.08. The highest BCUT2D eigenvalue weighted by atomic mass is 127. The van der Waals surface area contributed by atoms with Gasteiger partial charge in [0.15, 0.2) is 0 Å². The van der Waals surface area contributed by atoms with E-state index in [-0.39, 0.29) is 0 Å². The third-order valence-electron chi connectivity index (χ3n) is 5.45. The fraction of sp³-hybridized carbons (Fsp3) is 0.222. The minimum absolute atomic E-state index is 0.939. The lowest BCUT2D eigenvalue weighted by atomic mass is 10.2. The van der Waals surface area contributed by atoms with Crippen LogP contribution in [0.2, 0.25) is 0 Å². The zero-order chi connectivity index (χ0) is 22.0. The van der Waals surface area contributed by atoms with Crippen molar-refractivity contribution in [2.75, 3.05) is 36.4 Å². The topological polar surface area (TPSA) is 40.2 Å². The summed E-state index contributed by atoms with van der Waals surface area (Å²) in [6, 6.07) is 29.7. The molecule has 5 heteroatoms. The molecule has 0 radical (unpaired) electrons. The monoisotopic (exact) mass is 536 g/mol. The van der Waals surface area contributed by atoms with Crippen molar-refractivity contribution in [3.05, 3.63) is 94.7 Å². The van der Waals surface area contributed by atoms with Crippen molar-refractivity contribution in [1.82, 2.24) is 10.3 Å². The van der Waals surface area contributed by atoms with E-state index >= 15 is 0 Å². The molecule has 0 unspecified atom stereocenters. The maximum Gasteiger partial charge on any atom is 0.0733 e. The molecule has 32 heavy (non-hydrogen) atoms. The number of unbranched alkanes of at least 4 members (excludes halogenated alkanes) is 1. The molecule has 0 saturated carbocycles. The van der Waals surface area contributed by atoms with Crippen LogP contribution in [-0.2, 0) is 0 Å². The van der Waals surface area contributed by atoms with E-state index < -0.39 is 0 Å². The van der Waals surface area contributed by atoms with Crippen LogP contribution in [0.5, 0.6) is 0 Å². The third kappa shape index (κ3) is 6.20. The number of anilines is 3. The van der Waals surface area contributed by atoms with Crippen LogP contribution in [-0.4, -0.2) is 31.2 Å². The Labute approximate surface area is 204 Å². The molecule has 4 rings (SSSR count). The molecule has 0 atom stereocenters. The lowest BCUT2D eigenvalue weighted by Crippen LogP contribution is -2.29. The number of fused-ring (bicyclic) bond motifs is 1. The van der Waals surface area contributed by atoms with Crippen molar-refractivity contribution >= 4 is 50.6 Å². The number of benzene rings is 3. The zero-order valence-corrected chi connectivity index (χ0v) is 20.3. The van der Waals surface area contributed by atoms with E-state index in [0.717, 1.165) is 44.5 Å². The van der Waals surface area contributed by atoms with E-state index in [1.807, 2.05) is 6.20 Å². The van der Waals surface area contributed by atoms with Crippen LogP contribution >= 0.6 is 22.6 Å². The van der Waals surface area contributed by atoms with Crippen LogP contribution in [0.3, 0.4) is 0 Å². The van der Waals surface area contributed by atoms with Gasteiger partial charge in [0, 0.05) is 51.8 Å². The first-order valence-electron chi connectivity index (χ1n) is 11.2. The van der Waals surface area contributed by atoms with Gasteiger partial charge >= 0.3 is 0 Å². The predicted molar refractivity (Wildman–Crippen MR) is 145 cm³/mol. The molecule has 164 valence electrons. The van der Waals surface area contributed by atoms with Gasteiger partial charge in [0.2, 0.25) is 0 Å². The van der Waals surface area contributed by atoms with Gasteiger partial charge in [-0.05, 0) is 90.5 Å². The normalized spacial score (nSPS) is 10.9. The molecule has 1 aromatic heterocycles. The molecular weight excluding hydrogens is 507 g/mol. The van der Waals surface area contributed by atoms with E-state index in [1.165, 1.54) is 26.0 Å². The number of nitrogens with one attached hydrogen (secondary N) is 2. The third-order valence-corrected chi connectivity index (χ3v) is 6.12. The van der Waals surface area contributed by atoms with Gasteiger partial charge in [-0.25, -0.2) is 0 Å². The minimum Gasteiger partial charge on any atom is -0.384 e. The van der Waals surface area contributed by atoms with Crippen molar-refractivity contribution in [1.29, 1.82) is 0 Å². The number of pyridine rings is 1. The second-order valence-electron chi connectivity index (χ2n) is 7.73. The maximum atomic E-state index is 4.48. The van der Waals surface area contributed by atoms with E-state index in [9.17, 15) is 0 Å². The van der Waals surface area contributed by atoms with Gasteiger partial charge < -0.3 is 15.5 Å². The SMILES string of the molecule is Ic1ccc2c(NCCCCNCCN(c3ccccc3)c3ccccc3)ccnc2c1. The Bertz CT molecular complexity index is 1060. The lowest BCUT2D eigenvalue weighted by Gasteiger charge is -2.25. The summed E-state index contributed by atoms with van der Waals surface area (Å²) in [5.74, 6) is 0. The van der Waals surface area contributed by atoms with Gasteiger partial charge in [-0.1, -0.05) is 36.4 Å². The number of nitrogens with zero attached hydrogens (tertiary/aromatic N) is 2. The summed E-state index contributed by atoms with van der Waals surface area (Å²) < 4.78 is 1.21. The Morgan fingerprint density at radius 2 is 1.44 bits per heavy atom. The molecule has 1 heterocycles. The summed E-state index contributed by atoms with van der Waals surface area (Å²) in [7, 11) is 0. The molecule has 0 aliphatic rings. The van der Waals surface area contributed by atoms with Crippen LogP contribution in [0.1, 0.15) is 12.8 Å². The fourth-order valence-electron chi connectivity index (χ4n) is 3.81. The minimum atomic E-state index is 0.939. The van der Waals surface area contributed by atoms with Gasteiger partial charge in [-0.3, -0.25) is 4.98 Å². The molecule has 0 fully saturated rings. The Morgan fingerprint density at radius 3 is 2.16 bits per heavy atom. The summed E-state index contributed by atoms with van der Waals surface area (Å²) in [5, 5.41) is 8.38. The van der Waals surface area contributed by atoms with Crippen LogP contribution in [0.15, 0.2) is 91.1 Å². The molecule has 0 spiro atoms. The van der Waals surface area contributed by atoms with Crippen molar-refractivity contribution in [2.24, 2.45) is 0 Å². The van der Waals surface area contributed by atoms with E-state index in [2.05, 4.69) is 128 Å². The summed E-state index contributed by atoms with van der Waals surface area (Å²) >= 11 is 2.33. The molecule has 4 nitrogen and oxygen atoms in total. The number of para-hydroxylation sites is 2. The number of hydrogen-bond acceptors (Lipinski definition) is 4. The molecule has 3 aromatic carbocycles. The quantitative estimate of drug-likeness (QED) is 0.171. The molecular formula is C27H29IN4. The van der Waals surface area contributed by atoms with E-state index in [1.54, 1.807) is 0 Å². The Morgan fingerprint density at radius 1 is 0.750 bits per heavy atom. The lowest BCUT2D eigenvalue weighted by molar-refractivity contribution is 0.634. The number of hydrogen-bond donors (Lipinski definition) is 2. The number of rotatable bonds is 11. The van der Waals surface area contributed by atoms with E-state index in [0.29, 0.717) is 0 Å². The largest absolute Gasteiger partial charge is 0.384 e. The number of halogens is 1. The van der Waals surface area contributed by atoms with Gasteiger partial charge in [0.1, 0.15) is 0 Å². The highest BCUT2D eigenvalue weighted by molar-refractivity contribution is 14.1. The van der Waals surface area contributed by atoms with Crippen LogP contribution in [0.25, 0.3) is 10.9 Å². The first-order chi connectivity index (χ1) is 15.8.